The molecule has 0 aromatic carbocycles. The minimum Gasteiger partial charge on any atom is -0.465 e. The molecule has 0 N–H and O–H groups in total. The SMILES string of the molecule is CCCCCCCCCCCCCCC(Cl)C(=O)OCCCCCCCCCCCC. The molecule has 0 saturated carbocycles. The van der Waals surface area contributed by atoms with Gasteiger partial charge >= 0.3 is 5.97 Å². The minimum atomic E-state index is -0.453. The molecule has 0 aliphatic carbocycles. The molecule has 0 aliphatic heterocycles. The number of unbranched alkanes of at least 4 members (excludes halogenated alkanes) is 20. The maximum atomic E-state index is 12.0. The molecule has 3 heteroatoms. The van der Waals surface area contributed by atoms with E-state index in [2.05, 4.69) is 13.8 Å². The predicted molar refractivity (Wildman–Crippen MR) is 138 cm³/mol. The summed E-state index contributed by atoms with van der Waals surface area (Å²) in [6, 6.07) is 0. The van der Waals surface area contributed by atoms with E-state index in [0.717, 1.165) is 25.7 Å². The van der Waals surface area contributed by atoms with Crippen LogP contribution in [0.4, 0.5) is 0 Å². The fraction of sp³-hybridized carbons (Fsp3) is 0.964. The Bertz CT molecular complexity index is 359. The highest BCUT2D eigenvalue weighted by atomic mass is 35.5. The summed E-state index contributed by atoms with van der Waals surface area (Å²) in [5.74, 6) is -0.208. The highest BCUT2D eigenvalue weighted by Gasteiger charge is 2.16. The van der Waals surface area contributed by atoms with Crippen LogP contribution in [0.1, 0.15) is 162 Å². The number of ether oxygens (including phenoxy) is 1. The molecule has 1 unspecified atom stereocenters. The second kappa shape index (κ2) is 26.0. The minimum absolute atomic E-state index is 0.208. The third-order valence-electron chi connectivity index (χ3n) is 6.31. The van der Waals surface area contributed by atoms with Crippen LogP contribution in [-0.4, -0.2) is 18.0 Å². The quantitative estimate of drug-likeness (QED) is 0.0771. The first kappa shape index (κ1) is 30.8. The smallest absolute Gasteiger partial charge is 0.324 e. The molecule has 2 nitrogen and oxygen atoms in total. The molecule has 0 bridgehead atoms. The molecule has 0 rings (SSSR count). The number of halogens is 1. The summed E-state index contributed by atoms with van der Waals surface area (Å²) in [5, 5.41) is -0.453. The zero-order valence-electron chi connectivity index (χ0n) is 21.2. The summed E-state index contributed by atoms with van der Waals surface area (Å²) >= 11 is 6.22. The van der Waals surface area contributed by atoms with E-state index in [1.54, 1.807) is 0 Å². The summed E-state index contributed by atoms with van der Waals surface area (Å²) in [5.41, 5.74) is 0. The van der Waals surface area contributed by atoms with Crippen LogP contribution in [-0.2, 0) is 9.53 Å². The normalized spacial score (nSPS) is 12.2. The first-order chi connectivity index (χ1) is 15.2. The van der Waals surface area contributed by atoms with E-state index in [0.29, 0.717) is 6.61 Å². The lowest BCUT2D eigenvalue weighted by Gasteiger charge is -2.10. The number of esters is 1. The van der Waals surface area contributed by atoms with Crippen molar-refractivity contribution in [1.29, 1.82) is 0 Å². The summed E-state index contributed by atoms with van der Waals surface area (Å²) in [4.78, 5) is 12.0. The Morgan fingerprint density at radius 1 is 0.548 bits per heavy atom. The van der Waals surface area contributed by atoms with E-state index < -0.39 is 5.38 Å². The van der Waals surface area contributed by atoms with Gasteiger partial charge in [0.05, 0.1) is 6.61 Å². The van der Waals surface area contributed by atoms with Gasteiger partial charge in [0.2, 0.25) is 0 Å². The Labute approximate surface area is 200 Å². The number of alkyl halides is 1. The number of rotatable bonds is 25. The van der Waals surface area contributed by atoms with Crippen molar-refractivity contribution in [3.05, 3.63) is 0 Å². The van der Waals surface area contributed by atoms with Gasteiger partial charge in [-0.1, -0.05) is 149 Å². The second-order valence-corrected chi connectivity index (χ2v) is 10.0. The van der Waals surface area contributed by atoms with Crippen LogP contribution in [0.25, 0.3) is 0 Å². The van der Waals surface area contributed by atoms with Crippen molar-refractivity contribution in [2.24, 2.45) is 0 Å². The van der Waals surface area contributed by atoms with E-state index in [1.165, 1.54) is 122 Å². The van der Waals surface area contributed by atoms with Gasteiger partial charge in [0, 0.05) is 0 Å². The number of hydrogen-bond acceptors (Lipinski definition) is 2. The third-order valence-corrected chi connectivity index (χ3v) is 6.71. The maximum Gasteiger partial charge on any atom is 0.324 e. The zero-order chi connectivity index (χ0) is 22.8. The molecule has 186 valence electrons. The van der Waals surface area contributed by atoms with Crippen LogP contribution >= 0.6 is 11.6 Å². The lowest BCUT2D eigenvalue weighted by molar-refractivity contribution is -0.143. The fourth-order valence-electron chi connectivity index (χ4n) is 4.14. The van der Waals surface area contributed by atoms with Crippen LogP contribution < -0.4 is 0 Å². The van der Waals surface area contributed by atoms with Crippen LogP contribution in [0.15, 0.2) is 0 Å². The summed E-state index contributed by atoms with van der Waals surface area (Å²) in [6.07, 6.45) is 29.6. The van der Waals surface area contributed by atoms with Crippen molar-refractivity contribution in [2.75, 3.05) is 6.61 Å². The van der Waals surface area contributed by atoms with Gasteiger partial charge in [-0.05, 0) is 12.8 Å². The number of hydrogen-bond donors (Lipinski definition) is 0. The van der Waals surface area contributed by atoms with Gasteiger partial charge in [-0.2, -0.15) is 0 Å². The second-order valence-electron chi connectivity index (χ2n) is 9.49. The molecule has 0 aliphatic rings. The number of carbonyl (C=O) groups excluding carboxylic acids is 1. The average Bonchev–Trinajstić information content (AvgIpc) is 2.77. The van der Waals surface area contributed by atoms with Gasteiger partial charge in [0.15, 0.2) is 0 Å². The van der Waals surface area contributed by atoms with Gasteiger partial charge in [-0.3, -0.25) is 4.79 Å². The van der Waals surface area contributed by atoms with Crippen molar-refractivity contribution in [3.63, 3.8) is 0 Å². The van der Waals surface area contributed by atoms with Crippen molar-refractivity contribution < 1.29 is 9.53 Å². The molecule has 0 spiro atoms. The molecule has 31 heavy (non-hydrogen) atoms. The Morgan fingerprint density at radius 2 is 0.871 bits per heavy atom. The molecule has 0 aromatic rings. The van der Waals surface area contributed by atoms with E-state index >= 15 is 0 Å². The first-order valence-corrected chi connectivity index (χ1v) is 14.5. The molecule has 0 heterocycles. The van der Waals surface area contributed by atoms with Crippen molar-refractivity contribution in [3.8, 4) is 0 Å². The molecule has 0 saturated heterocycles. The van der Waals surface area contributed by atoms with E-state index in [9.17, 15) is 4.79 Å². The van der Waals surface area contributed by atoms with Crippen LogP contribution in [0.3, 0.4) is 0 Å². The Kier molecular flexibility index (Phi) is 25.8. The van der Waals surface area contributed by atoms with E-state index in [1.807, 2.05) is 0 Å². The lowest BCUT2D eigenvalue weighted by Crippen LogP contribution is -2.18. The zero-order valence-corrected chi connectivity index (χ0v) is 22.0. The Balaban J connectivity index is 3.30. The largest absolute Gasteiger partial charge is 0.465 e. The maximum absolute atomic E-state index is 12.0. The van der Waals surface area contributed by atoms with Gasteiger partial charge < -0.3 is 4.74 Å². The van der Waals surface area contributed by atoms with Gasteiger partial charge in [-0.15, -0.1) is 11.6 Å². The van der Waals surface area contributed by atoms with Gasteiger partial charge in [0.25, 0.3) is 0 Å². The number of carbonyl (C=O) groups is 1. The third kappa shape index (κ3) is 24.2. The molecule has 1 atom stereocenters. The Morgan fingerprint density at radius 3 is 1.26 bits per heavy atom. The van der Waals surface area contributed by atoms with E-state index in [4.69, 9.17) is 16.3 Å². The predicted octanol–water partition coefficient (Wildman–Crippen LogP) is 10.1. The topological polar surface area (TPSA) is 26.3 Å². The van der Waals surface area contributed by atoms with Crippen LogP contribution in [0, 0.1) is 0 Å². The monoisotopic (exact) mass is 458 g/mol. The van der Waals surface area contributed by atoms with Crippen molar-refractivity contribution in [1.82, 2.24) is 0 Å². The van der Waals surface area contributed by atoms with Gasteiger partial charge in [-0.25, -0.2) is 0 Å². The summed E-state index contributed by atoms with van der Waals surface area (Å²) < 4.78 is 5.36. The van der Waals surface area contributed by atoms with Gasteiger partial charge in [0.1, 0.15) is 5.38 Å². The standard InChI is InChI=1S/C28H55ClO2/c1-3-5-7-9-11-13-15-16-17-19-21-23-25-27(29)28(30)31-26-24-22-20-18-14-12-10-8-6-4-2/h27H,3-26H2,1-2H3. The highest BCUT2D eigenvalue weighted by Crippen LogP contribution is 2.15. The van der Waals surface area contributed by atoms with Crippen molar-refractivity contribution >= 4 is 17.6 Å². The van der Waals surface area contributed by atoms with Crippen molar-refractivity contribution in [2.45, 2.75) is 167 Å². The molecular formula is C28H55ClO2. The molecule has 0 amide bonds. The molecule has 0 radical (unpaired) electrons. The first-order valence-electron chi connectivity index (χ1n) is 14.0. The summed E-state index contributed by atoms with van der Waals surface area (Å²) in [6.45, 7) is 5.07. The molecular weight excluding hydrogens is 404 g/mol. The van der Waals surface area contributed by atoms with E-state index in [-0.39, 0.29) is 5.97 Å². The molecule has 0 aromatic heterocycles. The average molecular weight is 459 g/mol. The lowest BCUT2D eigenvalue weighted by atomic mass is 10.0. The Hall–Kier alpha value is -0.240. The van der Waals surface area contributed by atoms with Crippen LogP contribution in [0.2, 0.25) is 0 Å². The highest BCUT2D eigenvalue weighted by molar-refractivity contribution is 6.29. The summed E-state index contributed by atoms with van der Waals surface area (Å²) in [7, 11) is 0. The molecule has 0 fully saturated rings. The fourth-order valence-corrected chi connectivity index (χ4v) is 4.35. The van der Waals surface area contributed by atoms with Crippen LogP contribution in [0.5, 0.6) is 0 Å².